The number of ether oxygens (including phenoxy) is 1. The van der Waals surface area contributed by atoms with Gasteiger partial charge in [-0.05, 0) is 19.4 Å². The van der Waals surface area contributed by atoms with Crippen LogP contribution in [0.4, 0.5) is 0 Å². The van der Waals surface area contributed by atoms with Crippen LogP contribution < -0.4 is 10.1 Å². The van der Waals surface area contributed by atoms with E-state index in [0.29, 0.717) is 5.88 Å². The molecule has 1 aromatic heterocycles. The Balaban J connectivity index is 2.15. The van der Waals surface area contributed by atoms with Crippen LogP contribution in [-0.4, -0.2) is 24.1 Å². The smallest absolute Gasteiger partial charge is 0.236 e. The van der Waals surface area contributed by atoms with Crippen molar-refractivity contribution in [2.24, 2.45) is 5.92 Å². The third-order valence-corrected chi connectivity index (χ3v) is 2.83. The number of nitrogens with one attached hydrogen (secondary N) is 1. The van der Waals surface area contributed by atoms with Gasteiger partial charge in [-0.15, -0.1) is 0 Å². The zero-order chi connectivity index (χ0) is 10.7. The quantitative estimate of drug-likeness (QED) is 0.795. The topological polar surface area (TPSA) is 47.0 Å². The molecule has 0 spiro atoms. The van der Waals surface area contributed by atoms with Gasteiger partial charge < -0.3 is 10.1 Å². The third kappa shape index (κ3) is 2.45. The monoisotopic (exact) mass is 207 g/mol. The lowest BCUT2D eigenvalue weighted by Crippen LogP contribution is -2.19. The summed E-state index contributed by atoms with van der Waals surface area (Å²) < 4.78 is 5.22. The first-order valence-corrected chi connectivity index (χ1v) is 5.37. The van der Waals surface area contributed by atoms with Crippen LogP contribution >= 0.6 is 0 Å². The second-order valence-electron chi connectivity index (χ2n) is 3.97. The summed E-state index contributed by atoms with van der Waals surface area (Å²) in [5.41, 5.74) is 0.925. The molecule has 1 heterocycles. The average Bonchev–Trinajstić information content (AvgIpc) is 3.10. The maximum absolute atomic E-state index is 5.22. The van der Waals surface area contributed by atoms with Crippen molar-refractivity contribution in [2.45, 2.75) is 25.3 Å². The second-order valence-corrected chi connectivity index (χ2v) is 3.97. The molecule has 15 heavy (non-hydrogen) atoms. The lowest BCUT2D eigenvalue weighted by molar-refractivity contribution is 0.374. The Kier molecular flexibility index (Phi) is 3.16. The van der Waals surface area contributed by atoms with Gasteiger partial charge in [0, 0.05) is 12.4 Å². The first-order chi connectivity index (χ1) is 7.35. The standard InChI is InChI=1S/C11H17N3O/c1-12-9(7-8-3-4-8)10-11(15-2)14-6-5-13-10/h5-6,8-9,12H,3-4,7H2,1-2H3. The van der Waals surface area contributed by atoms with E-state index >= 15 is 0 Å². The molecule has 0 amide bonds. The summed E-state index contributed by atoms with van der Waals surface area (Å²) >= 11 is 0. The Labute approximate surface area is 90.1 Å². The molecule has 1 atom stereocenters. The van der Waals surface area contributed by atoms with Gasteiger partial charge in [0.05, 0.1) is 13.2 Å². The number of hydrogen-bond donors (Lipinski definition) is 1. The fourth-order valence-corrected chi connectivity index (χ4v) is 1.79. The minimum atomic E-state index is 0.265. The van der Waals surface area contributed by atoms with Gasteiger partial charge in [0.15, 0.2) is 0 Å². The molecule has 1 aliphatic rings. The van der Waals surface area contributed by atoms with Crippen molar-refractivity contribution in [1.29, 1.82) is 0 Å². The van der Waals surface area contributed by atoms with Crippen LogP contribution in [0.1, 0.15) is 31.0 Å². The maximum Gasteiger partial charge on any atom is 0.236 e. The predicted octanol–water partition coefficient (Wildman–Crippen LogP) is 1.55. The Morgan fingerprint density at radius 2 is 2.20 bits per heavy atom. The van der Waals surface area contributed by atoms with Gasteiger partial charge in [-0.3, -0.25) is 4.98 Å². The SMILES string of the molecule is CNC(CC1CC1)c1nccnc1OC. The second kappa shape index (κ2) is 4.57. The van der Waals surface area contributed by atoms with E-state index in [-0.39, 0.29) is 6.04 Å². The maximum atomic E-state index is 5.22. The molecule has 0 radical (unpaired) electrons. The van der Waals surface area contributed by atoms with Gasteiger partial charge >= 0.3 is 0 Å². The van der Waals surface area contributed by atoms with Crippen LogP contribution in [0.2, 0.25) is 0 Å². The molecule has 0 aromatic carbocycles. The van der Waals surface area contributed by atoms with Gasteiger partial charge in [-0.2, -0.15) is 0 Å². The average molecular weight is 207 g/mol. The fraction of sp³-hybridized carbons (Fsp3) is 0.636. The van der Waals surface area contributed by atoms with Gasteiger partial charge in [0.25, 0.3) is 0 Å². The van der Waals surface area contributed by atoms with Crippen molar-refractivity contribution in [1.82, 2.24) is 15.3 Å². The number of hydrogen-bond acceptors (Lipinski definition) is 4. The molecule has 1 fully saturated rings. The van der Waals surface area contributed by atoms with E-state index in [1.54, 1.807) is 19.5 Å². The van der Waals surface area contributed by atoms with E-state index < -0.39 is 0 Å². The highest BCUT2D eigenvalue weighted by atomic mass is 16.5. The summed E-state index contributed by atoms with van der Waals surface area (Å²) in [5.74, 6) is 1.49. The number of aromatic nitrogens is 2. The van der Waals surface area contributed by atoms with E-state index in [1.807, 2.05) is 7.05 Å². The minimum Gasteiger partial charge on any atom is -0.480 e. The lowest BCUT2D eigenvalue weighted by atomic mass is 10.1. The highest BCUT2D eigenvalue weighted by Crippen LogP contribution is 2.38. The molecule has 0 bridgehead atoms. The van der Waals surface area contributed by atoms with Gasteiger partial charge in [-0.25, -0.2) is 4.98 Å². The number of nitrogens with zero attached hydrogens (tertiary/aromatic N) is 2. The van der Waals surface area contributed by atoms with Crippen molar-refractivity contribution in [3.63, 3.8) is 0 Å². The fourth-order valence-electron chi connectivity index (χ4n) is 1.79. The Morgan fingerprint density at radius 1 is 1.47 bits per heavy atom. The van der Waals surface area contributed by atoms with E-state index in [4.69, 9.17) is 4.74 Å². The Bertz CT molecular complexity index is 325. The van der Waals surface area contributed by atoms with Crippen molar-refractivity contribution >= 4 is 0 Å². The van der Waals surface area contributed by atoms with E-state index in [2.05, 4.69) is 15.3 Å². The largest absolute Gasteiger partial charge is 0.480 e. The van der Waals surface area contributed by atoms with Crippen molar-refractivity contribution in [2.75, 3.05) is 14.2 Å². The van der Waals surface area contributed by atoms with Gasteiger partial charge in [0.2, 0.25) is 5.88 Å². The number of methoxy groups -OCH3 is 1. The van der Waals surface area contributed by atoms with Crippen LogP contribution in [0.25, 0.3) is 0 Å². The highest BCUT2D eigenvalue weighted by Gasteiger charge is 2.27. The summed E-state index contributed by atoms with van der Waals surface area (Å²) in [6.07, 6.45) is 7.20. The molecule has 1 aliphatic carbocycles. The summed E-state index contributed by atoms with van der Waals surface area (Å²) in [6.45, 7) is 0. The van der Waals surface area contributed by atoms with E-state index in [9.17, 15) is 0 Å². The minimum absolute atomic E-state index is 0.265. The predicted molar refractivity (Wildman–Crippen MR) is 57.7 cm³/mol. The molecule has 0 aliphatic heterocycles. The first kappa shape index (κ1) is 10.4. The molecular formula is C11H17N3O. The van der Waals surface area contributed by atoms with Gasteiger partial charge in [-0.1, -0.05) is 12.8 Å². The molecular weight excluding hydrogens is 190 g/mol. The van der Waals surface area contributed by atoms with Crippen LogP contribution in [0.15, 0.2) is 12.4 Å². The molecule has 1 saturated carbocycles. The van der Waals surface area contributed by atoms with E-state index in [1.165, 1.54) is 12.8 Å². The van der Waals surface area contributed by atoms with Crippen LogP contribution in [0.3, 0.4) is 0 Å². The Hall–Kier alpha value is -1.16. The Morgan fingerprint density at radius 3 is 2.80 bits per heavy atom. The third-order valence-electron chi connectivity index (χ3n) is 2.83. The van der Waals surface area contributed by atoms with Crippen LogP contribution in [0.5, 0.6) is 5.88 Å². The summed E-state index contributed by atoms with van der Waals surface area (Å²) in [6, 6.07) is 0.265. The van der Waals surface area contributed by atoms with Crippen molar-refractivity contribution in [3.8, 4) is 5.88 Å². The molecule has 4 heteroatoms. The zero-order valence-corrected chi connectivity index (χ0v) is 9.23. The molecule has 4 nitrogen and oxygen atoms in total. The van der Waals surface area contributed by atoms with Crippen LogP contribution in [-0.2, 0) is 0 Å². The van der Waals surface area contributed by atoms with Crippen LogP contribution in [0, 0.1) is 5.92 Å². The normalized spacial score (nSPS) is 17.5. The highest BCUT2D eigenvalue weighted by molar-refractivity contribution is 5.21. The molecule has 0 saturated heterocycles. The zero-order valence-electron chi connectivity index (χ0n) is 9.23. The van der Waals surface area contributed by atoms with Crippen molar-refractivity contribution < 1.29 is 4.74 Å². The molecule has 1 unspecified atom stereocenters. The van der Waals surface area contributed by atoms with E-state index in [0.717, 1.165) is 18.0 Å². The first-order valence-electron chi connectivity index (χ1n) is 5.37. The molecule has 82 valence electrons. The molecule has 1 aromatic rings. The number of rotatable bonds is 5. The summed E-state index contributed by atoms with van der Waals surface area (Å²) in [7, 11) is 3.60. The summed E-state index contributed by atoms with van der Waals surface area (Å²) in [4.78, 5) is 8.52. The summed E-state index contributed by atoms with van der Waals surface area (Å²) in [5, 5.41) is 3.28. The van der Waals surface area contributed by atoms with Crippen molar-refractivity contribution in [3.05, 3.63) is 18.1 Å². The molecule has 2 rings (SSSR count). The lowest BCUT2D eigenvalue weighted by Gasteiger charge is -2.16. The molecule has 1 N–H and O–H groups in total. The van der Waals surface area contributed by atoms with Gasteiger partial charge in [0.1, 0.15) is 5.69 Å².